The van der Waals surface area contributed by atoms with Crippen molar-refractivity contribution in [1.82, 2.24) is 15.3 Å². The maximum Gasteiger partial charge on any atom is 0.337 e. The minimum Gasteiger partial charge on any atom is -0.480 e. The summed E-state index contributed by atoms with van der Waals surface area (Å²) >= 11 is 0. The number of aliphatic carboxylic acids is 1. The Morgan fingerprint density at radius 2 is 1.55 bits per heavy atom. The molecule has 3 rings (SSSR count). The Labute approximate surface area is 179 Å². The fraction of sp³-hybridized carbons (Fsp3) is 0.273. The van der Waals surface area contributed by atoms with Crippen molar-refractivity contribution in [3.63, 3.8) is 0 Å². The summed E-state index contributed by atoms with van der Waals surface area (Å²) in [7, 11) is 0. The van der Waals surface area contributed by atoms with Gasteiger partial charge in [0.15, 0.2) is 0 Å². The molecule has 0 atom stereocenters. The predicted molar refractivity (Wildman–Crippen MR) is 110 cm³/mol. The summed E-state index contributed by atoms with van der Waals surface area (Å²) in [6, 6.07) is 15.1. The molecule has 9 nitrogen and oxygen atoms in total. The van der Waals surface area contributed by atoms with Crippen molar-refractivity contribution in [3.8, 4) is 0 Å². The summed E-state index contributed by atoms with van der Waals surface area (Å²) in [4.78, 5) is 48.8. The van der Waals surface area contributed by atoms with Gasteiger partial charge in [0, 0.05) is 13.2 Å². The van der Waals surface area contributed by atoms with E-state index in [4.69, 9.17) is 9.84 Å². The van der Waals surface area contributed by atoms with Crippen LogP contribution in [-0.2, 0) is 16.1 Å². The van der Waals surface area contributed by atoms with Gasteiger partial charge in [0.1, 0.15) is 6.54 Å². The molecule has 2 aromatic carbocycles. The van der Waals surface area contributed by atoms with Crippen LogP contribution in [0.25, 0.3) is 0 Å². The number of ether oxygens (including phenoxy) is 1. The Bertz CT molecular complexity index is 928. The van der Waals surface area contributed by atoms with Crippen LogP contribution in [-0.4, -0.2) is 58.6 Å². The van der Waals surface area contributed by atoms with Crippen LogP contribution in [0.3, 0.4) is 0 Å². The van der Waals surface area contributed by atoms with Crippen LogP contribution in [0.2, 0.25) is 0 Å². The Morgan fingerprint density at radius 3 is 2.16 bits per heavy atom. The lowest BCUT2D eigenvalue weighted by Crippen LogP contribution is -2.54. The zero-order valence-electron chi connectivity index (χ0n) is 16.8. The van der Waals surface area contributed by atoms with Crippen molar-refractivity contribution in [2.75, 3.05) is 19.7 Å². The van der Waals surface area contributed by atoms with Crippen molar-refractivity contribution >= 4 is 23.8 Å². The Balaban J connectivity index is 1.59. The SMILES string of the molecule is O=C(O)CNC(=O)N(CCCCOCc1ccccc1)N1C(=O)c2ccccc2C1=O. The first-order valence-electron chi connectivity index (χ1n) is 9.85. The standard InChI is InChI=1S/C22H23N3O6/c26-19(27)14-23-22(30)24(12-6-7-13-31-15-16-8-2-1-3-9-16)25-20(28)17-10-4-5-11-18(17)21(25)29/h1-5,8-11H,6-7,12-15H2,(H,23,30)(H,26,27). The highest BCUT2D eigenvalue weighted by atomic mass is 16.5. The van der Waals surface area contributed by atoms with E-state index in [1.807, 2.05) is 30.3 Å². The fourth-order valence-corrected chi connectivity index (χ4v) is 3.16. The zero-order valence-corrected chi connectivity index (χ0v) is 16.8. The molecule has 0 saturated heterocycles. The lowest BCUT2D eigenvalue weighted by atomic mass is 10.1. The number of benzene rings is 2. The number of nitrogens with one attached hydrogen (secondary N) is 1. The van der Waals surface area contributed by atoms with Gasteiger partial charge in [-0.15, -0.1) is 0 Å². The zero-order chi connectivity index (χ0) is 22.2. The van der Waals surface area contributed by atoms with E-state index in [1.165, 1.54) is 12.1 Å². The van der Waals surface area contributed by atoms with Crippen LogP contribution < -0.4 is 5.32 Å². The summed E-state index contributed by atoms with van der Waals surface area (Å²) in [5, 5.41) is 12.8. The van der Waals surface area contributed by atoms with Gasteiger partial charge in [-0.1, -0.05) is 42.5 Å². The third-order valence-corrected chi connectivity index (χ3v) is 4.66. The van der Waals surface area contributed by atoms with Gasteiger partial charge >= 0.3 is 12.0 Å². The van der Waals surface area contributed by atoms with Gasteiger partial charge in [-0.3, -0.25) is 14.4 Å². The lowest BCUT2D eigenvalue weighted by molar-refractivity contribution is -0.135. The van der Waals surface area contributed by atoms with Gasteiger partial charge in [0.2, 0.25) is 0 Å². The van der Waals surface area contributed by atoms with Gasteiger partial charge in [-0.25, -0.2) is 9.80 Å². The van der Waals surface area contributed by atoms with Gasteiger partial charge < -0.3 is 15.2 Å². The molecule has 0 radical (unpaired) electrons. The monoisotopic (exact) mass is 425 g/mol. The first kappa shape index (κ1) is 22.0. The molecule has 0 fully saturated rings. The second-order valence-corrected chi connectivity index (χ2v) is 6.89. The van der Waals surface area contributed by atoms with E-state index in [-0.39, 0.29) is 17.7 Å². The number of carboxylic acid groups (broad SMARTS) is 1. The molecule has 0 aromatic heterocycles. The van der Waals surface area contributed by atoms with E-state index in [0.29, 0.717) is 26.1 Å². The number of hydrazine groups is 1. The molecule has 2 N–H and O–H groups in total. The number of unbranched alkanes of at least 4 members (excludes halogenated alkanes) is 1. The molecule has 1 aliphatic rings. The topological polar surface area (TPSA) is 116 Å². The van der Waals surface area contributed by atoms with E-state index in [9.17, 15) is 19.2 Å². The van der Waals surface area contributed by atoms with Crippen LogP contribution in [0.1, 0.15) is 39.1 Å². The van der Waals surface area contributed by atoms with E-state index in [0.717, 1.165) is 15.6 Å². The first-order chi connectivity index (χ1) is 15.0. The molecule has 0 aliphatic carbocycles. The number of carbonyl (C=O) groups excluding carboxylic acids is 3. The molecule has 0 bridgehead atoms. The minimum absolute atomic E-state index is 0.0472. The van der Waals surface area contributed by atoms with Gasteiger partial charge in [0.25, 0.3) is 11.8 Å². The molecule has 0 saturated carbocycles. The van der Waals surface area contributed by atoms with E-state index in [1.54, 1.807) is 12.1 Å². The lowest BCUT2D eigenvalue weighted by Gasteiger charge is -2.29. The summed E-state index contributed by atoms with van der Waals surface area (Å²) in [6.45, 7) is 0.313. The molecule has 162 valence electrons. The molecule has 1 heterocycles. The number of nitrogens with zero attached hydrogens (tertiary/aromatic N) is 2. The quantitative estimate of drug-likeness (QED) is 0.446. The van der Waals surface area contributed by atoms with Crippen LogP contribution in [0.15, 0.2) is 54.6 Å². The molecular formula is C22H23N3O6. The molecule has 4 amide bonds. The summed E-state index contributed by atoms with van der Waals surface area (Å²) in [6.07, 6.45) is 1.03. The number of hydrogen-bond acceptors (Lipinski definition) is 5. The largest absolute Gasteiger partial charge is 0.480 e. The fourth-order valence-electron chi connectivity index (χ4n) is 3.16. The number of hydrogen-bond donors (Lipinski definition) is 2. The summed E-state index contributed by atoms with van der Waals surface area (Å²) in [5.41, 5.74) is 1.45. The van der Waals surface area contributed by atoms with E-state index in [2.05, 4.69) is 5.32 Å². The third-order valence-electron chi connectivity index (χ3n) is 4.66. The van der Waals surface area contributed by atoms with Crippen LogP contribution in [0, 0.1) is 0 Å². The number of fused-ring (bicyclic) bond motifs is 1. The van der Waals surface area contributed by atoms with Crippen LogP contribution >= 0.6 is 0 Å². The normalized spacial score (nSPS) is 12.6. The van der Waals surface area contributed by atoms with Crippen molar-refractivity contribution in [3.05, 3.63) is 71.3 Å². The number of rotatable bonds is 10. The van der Waals surface area contributed by atoms with Crippen molar-refractivity contribution in [2.45, 2.75) is 19.4 Å². The molecule has 31 heavy (non-hydrogen) atoms. The second kappa shape index (κ2) is 10.4. The Kier molecular flexibility index (Phi) is 7.34. The van der Waals surface area contributed by atoms with Gasteiger partial charge in [-0.2, -0.15) is 5.01 Å². The van der Waals surface area contributed by atoms with Crippen molar-refractivity contribution < 1.29 is 29.0 Å². The minimum atomic E-state index is -1.23. The number of carbonyl (C=O) groups is 4. The maximum atomic E-state index is 12.7. The molecule has 9 heteroatoms. The van der Waals surface area contributed by atoms with E-state index < -0.39 is 30.4 Å². The summed E-state index contributed by atoms with van der Waals surface area (Å²) in [5.74, 6) is -2.47. The number of urea groups is 1. The molecule has 0 spiro atoms. The van der Waals surface area contributed by atoms with Crippen LogP contribution in [0.5, 0.6) is 0 Å². The highest BCUT2D eigenvalue weighted by Gasteiger charge is 2.41. The molecular weight excluding hydrogens is 402 g/mol. The third kappa shape index (κ3) is 5.46. The maximum absolute atomic E-state index is 12.7. The van der Waals surface area contributed by atoms with Gasteiger partial charge in [0.05, 0.1) is 17.7 Å². The number of amides is 4. The van der Waals surface area contributed by atoms with Crippen molar-refractivity contribution in [2.24, 2.45) is 0 Å². The first-order valence-corrected chi connectivity index (χ1v) is 9.85. The highest BCUT2D eigenvalue weighted by molar-refractivity contribution is 6.21. The molecule has 1 aliphatic heterocycles. The average molecular weight is 425 g/mol. The number of carboxylic acids is 1. The highest BCUT2D eigenvalue weighted by Crippen LogP contribution is 2.24. The Hall–Kier alpha value is -3.72. The smallest absolute Gasteiger partial charge is 0.337 e. The number of imide groups is 1. The van der Waals surface area contributed by atoms with Gasteiger partial charge in [-0.05, 0) is 30.5 Å². The Morgan fingerprint density at radius 1 is 0.935 bits per heavy atom. The predicted octanol–water partition coefficient (Wildman–Crippen LogP) is 2.29. The molecule has 2 aromatic rings. The van der Waals surface area contributed by atoms with E-state index >= 15 is 0 Å². The second-order valence-electron chi connectivity index (χ2n) is 6.89. The summed E-state index contributed by atoms with van der Waals surface area (Å²) < 4.78 is 5.62. The molecule has 0 unspecified atom stereocenters. The van der Waals surface area contributed by atoms with Crippen LogP contribution in [0.4, 0.5) is 4.79 Å². The average Bonchev–Trinajstić information content (AvgIpc) is 3.03. The van der Waals surface area contributed by atoms with Crippen molar-refractivity contribution in [1.29, 1.82) is 0 Å².